The summed E-state index contributed by atoms with van der Waals surface area (Å²) in [5.41, 5.74) is 1.17. The van der Waals surface area contributed by atoms with Crippen molar-refractivity contribution in [2.45, 2.75) is 19.4 Å². The van der Waals surface area contributed by atoms with E-state index in [9.17, 15) is 0 Å². The first-order valence-corrected chi connectivity index (χ1v) is 7.42. The molecular weight excluding hydrogens is 326 g/mol. The molecule has 1 unspecified atom stereocenters. The molecule has 5 heteroatoms. The number of likely N-dealkylation sites (N-methyl/N-ethyl adjacent to an activating group) is 1. The third-order valence-electron chi connectivity index (χ3n) is 3.05. The molecule has 0 fully saturated rings. The molecule has 0 saturated carbocycles. The number of halogens is 2. The van der Waals surface area contributed by atoms with Gasteiger partial charge in [0.05, 0.1) is 0 Å². The minimum atomic E-state index is 0.209. The fourth-order valence-electron chi connectivity index (χ4n) is 2.11. The number of nitrogens with one attached hydrogen (secondary N) is 1. The van der Waals surface area contributed by atoms with E-state index in [0.717, 1.165) is 28.3 Å². The topological polar surface area (TPSA) is 29.9 Å². The third-order valence-corrected chi connectivity index (χ3v) is 3.72. The molecule has 0 radical (unpaired) electrons. The highest BCUT2D eigenvalue weighted by Gasteiger charge is 2.14. The lowest BCUT2D eigenvalue weighted by molar-refractivity contribution is 0.529. The molecule has 0 aliphatic heterocycles. The van der Waals surface area contributed by atoms with E-state index in [1.807, 2.05) is 36.1 Å². The molecule has 0 amide bonds. The quantitative estimate of drug-likeness (QED) is 0.897. The van der Waals surface area contributed by atoms with Crippen LogP contribution < -0.4 is 5.32 Å². The number of imidazole rings is 1. The van der Waals surface area contributed by atoms with Crippen molar-refractivity contribution in [2.24, 2.45) is 7.05 Å². The Morgan fingerprint density at radius 1 is 1.42 bits per heavy atom. The minimum absolute atomic E-state index is 0.209. The van der Waals surface area contributed by atoms with Crippen molar-refractivity contribution >= 4 is 27.5 Å². The van der Waals surface area contributed by atoms with E-state index in [-0.39, 0.29) is 6.04 Å². The van der Waals surface area contributed by atoms with Gasteiger partial charge < -0.3 is 9.88 Å². The normalized spacial score (nSPS) is 12.6. The summed E-state index contributed by atoms with van der Waals surface area (Å²) in [6, 6.07) is 6.21. The van der Waals surface area contributed by atoms with Gasteiger partial charge in [0.1, 0.15) is 5.82 Å². The molecule has 1 aromatic heterocycles. The van der Waals surface area contributed by atoms with Crippen LogP contribution in [0.25, 0.3) is 0 Å². The average molecular weight is 343 g/mol. The van der Waals surface area contributed by atoms with Crippen LogP contribution in [0.15, 0.2) is 35.1 Å². The fourth-order valence-corrected chi connectivity index (χ4v) is 2.99. The van der Waals surface area contributed by atoms with Gasteiger partial charge in [0.15, 0.2) is 0 Å². The molecular formula is C14H17BrClN3. The summed E-state index contributed by atoms with van der Waals surface area (Å²) in [4.78, 5) is 4.39. The molecule has 1 aromatic carbocycles. The smallest absolute Gasteiger partial charge is 0.110 e. The van der Waals surface area contributed by atoms with Gasteiger partial charge in [0.25, 0.3) is 0 Å². The number of rotatable bonds is 5. The van der Waals surface area contributed by atoms with Crippen molar-refractivity contribution < 1.29 is 0 Å². The first-order valence-electron chi connectivity index (χ1n) is 6.25. The summed E-state index contributed by atoms with van der Waals surface area (Å²) in [6.45, 7) is 3.00. The standard InChI is InChI=1S/C14H17BrClN3/c1-3-17-13(9-14-18-4-5-19(14)2)10-6-11(15)8-12(16)7-10/h4-8,13,17H,3,9H2,1-2H3. The Hall–Kier alpha value is -0.840. The van der Waals surface area contributed by atoms with Crippen molar-refractivity contribution in [3.05, 3.63) is 51.5 Å². The first kappa shape index (κ1) is 14.6. The van der Waals surface area contributed by atoms with E-state index < -0.39 is 0 Å². The summed E-state index contributed by atoms with van der Waals surface area (Å²) < 4.78 is 3.04. The van der Waals surface area contributed by atoms with E-state index >= 15 is 0 Å². The highest BCUT2D eigenvalue weighted by molar-refractivity contribution is 9.10. The molecule has 0 aliphatic carbocycles. The van der Waals surface area contributed by atoms with Gasteiger partial charge in [0, 0.05) is 41.4 Å². The Bertz CT molecular complexity index is 533. The predicted octanol–water partition coefficient (Wildman–Crippen LogP) is 3.73. The summed E-state index contributed by atoms with van der Waals surface area (Å²) in [5, 5.41) is 4.23. The molecule has 2 rings (SSSR count). The lowest BCUT2D eigenvalue weighted by atomic mass is 10.0. The Morgan fingerprint density at radius 3 is 2.79 bits per heavy atom. The average Bonchev–Trinajstić information content (AvgIpc) is 2.73. The zero-order chi connectivity index (χ0) is 13.8. The Balaban J connectivity index is 2.26. The zero-order valence-corrected chi connectivity index (χ0v) is 13.4. The van der Waals surface area contributed by atoms with E-state index in [2.05, 4.69) is 39.2 Å². The van der Waals surface area contributed by atoms with Crippen LogP contribution in [0.3, 0.4) is 0 Å². The second-order valence-corrected chi connectivity index (χ2v) is 5.82. The maximum absolute atomic E-state index is 6.13. The van der Waals surface area contributed by atoms with Crippen molar-refractivity contribution in [1.29, 1.82) is 0 Å². The molecule has 3 nitrogen and oxygen atoms in total. The molecule has 0 saturated heterocycles. The van der Waals surface area contributed by atoms with Gasteiger partial charge in [0.2, 0.25) is 0 Å². The molecule has 1 N–H and O–H groups in total. The molecule has 1 heterocycles. The van der Waals surface area contributed by atoms with Crippen LogP contribution in [0.5, 0.6) is 0 Å². The van der Waals surface area contributed by atoms with Crippen LogP contribution in [0.4, 0.5) is 0 Å². The Kier molecular flexibility index (Phi) is 5.02. The second-order valence-electron chi connectivity index (χ2n) is 4.47. The summed E-state index contributed by atoms with van der Waals surface area (Å²) in [6.07, 6.45) is 4.63. The maximum atomic E-state index is 6.13. The van der Waals surface area contributed by atoms with Crippen LogP contribution in [-0.4, -0.2) is 16.1 Å². The molecule has 0 aliphatic rings. The first-order chi connectivity index (χ1) is 9.10. The van der Waals surface area contributed by atoms with E-state index in [1.165, 1.54) is 5.56 Å². The van der Waals surface area contributed by atoms with Crippen molar-refractivity contribution in [1.82, 2.24) is 14.9 Å². The molecule has 2 aromatic rings. The summed E-state index contributed by atoms with van der Waals surface area (Å²) in [7, 11) is 2.01. The van der Waals surface area contributed by atoms with Crippen LogP contribution in [0.1, 0.15) is 24.4 Å². The monoisotopic (exact) mass is 341 g/mol. The lowest BCUT2D eigenvalue weighted by Crippen LogP contribution is -2.24. The van der Waals surface area contributed by atoms with E-state index in [0.29, 0.717) is 0 Å². The Labute approximate surface area is 127 Å². The van der Waals surface area contributed by atoms with Gasteiger partial charge >= 0.3 is 0 Å². The van der Waals surface area contributed by atoms with Crippen LogP contribution in [0, 0.1) is 0 Å². The molecule has 1 atom stereocenters. The van der Waals surface area contributed by atoms with Crippen molar-refractivity contribution in [3.8, 4) is 0 Å². The molecule has 0 bridgehead atoms. The highest BCUT2D eigenvalue weighted by atomic mass is 79.9. The van der Waals surface area contributed by atoms with Crippen molar-refractivity contribution in [3.63, 3.8) is 0 Å². The molecule has 102 valence electrons. The summed E-state index contributed by atoms with van der Waals surface area (Å²) in [5.74, 6) is 1.06. The van der Waals surface area contributed by atoms with Gasteiger partial charge in [-0.05, 0) is 30.3 Å². The molecule has 19 heavy (non-hydrogen) atoms. The van der Waals surface area contributed by atoms with Crippen LogP contribution in [-0.2, 0) is 13.5 Å². The van der Waals surface area contributed by atoms with Crippen molar-refractivity contribution in [2.75, 3.05) is 6.54 Å². The fraction of sp³-hybridized carbons (Fsp3) is 0.357. The molecule has 0 spiro atoms. The number of aromatic nitrogens is 2. The number of hydrogen-bond donors (Lipinski definition) is 1. The highest BCUT2D eigenvalue weighted by Crippen LogP contribution is 2.25. The number of benzene rings is 1. The van der Waals surface area contributed by atoms with Gasteiger partial charge in [-0.3, -0.25) is 0 Å². The van der Waals surface area contributed by atoms with E-state index in [4.69, 9.17) is 11.6 Å². The lowest BCUT2D eigenvalue weighted by Gasteiger charge is -2.19. The van der Waals surface area contributed by atoms with E-state index in [1.54, 1.807) is 0 Å². The maximum Gasteiger partial charge on any atom is 0.110 e. The second kappa shape index (κ2) is 6.55. The summed E-state index contributed by atoms with van der Waals surface area (Å²) >= 11 is 9.62. The Morgan fingerprint density at radius 2 is 2.21 bits per heavy atom. The van der Waals surface area contributed by atoms with Gasteiger partial charge in [-0.2, -0.15) is 0 Å². The third kappa shape index (κ3) is 3.81. The zero-order valence-electron chi connectivity index (χ0n) is 11.0. The van der Waals surface area contributed by atoms with Gasteiger partial charge in [-0.15, -0.1) is 0 Å². The largest absolute Gasteiger partial charge is 0.338 e. The number of aryl methyl sites for hydroxylation is 1. The van der Waals surface area contributed by atoms with Gasteiger partial charge in [-0.1, -0.05) is 34.5 Å². The van der Waals surface area contributed by atoms with Crippen LogP contribution in [0.2, 0.25) is 5.02 Å². The number of nitrogens with zero attached hydrogens (tertiary/aromatic N) is 2. The minimum Gasteiger partial charge on any atom is -0.338 e. The van der Waals surface area contributed by atoms with Crippen LogP contribution >= 0.6 is 27.5 Å². The SMILES string of the molecule is CCNC(Cc1nccn1C)c1cc(Cl)cc(Br)c1. The predicted molar refractivity (Wildman–Crippen MR) is 82.5 cm³/mol. The van der Waals surface area contributed by atoms with Gasteiger partial charge in [-0.25, -0.2) is 4.98 Å². The number of hydrogen-bond acceptors (Lipinski definition) is 2.